The quantitative estimate of drug-likeness (QED) is 0.641. The van der Waals surface area contributed by atoms with Crippen LogP contribution in [0.3, 0.4) is 0 Å². The van der Waals surface area contributed by atoms with Crippen LogP contribution in [0.2, 0.25) is 0 Å². The molecule has 0 radical (unpaired) electrons. The first-order valence-electron chi connectivity index (χ1n) is 5.42. The van der Waals surface area contributed by atoms with Gasteiger partial charge in [0.25, 0.3) is 0 Å². The molecule has 0 N–H and O–H groups in total. The molecular weight excluding hydrogens is 224 g/mol. The number of terminal acetylenes is 1. The molecular formula is C12H20O5. The zero-order chi connectivity index (χ0) is 12.8. The van der Waals surface area contributed by atoms with Crippen LogP contribution >= 0.6 is 0 Å². The number of ether oxygens (including phenoxy) is 5. The van der Waals surface area contributed by atoms with Crippen molar-refractivity contribution in [2.24, 2.45) is 0 Å². The average molecular weight is 244 g/mol. The van der Waals surface area contributed by atoms with E-state index in [1.807, 2.05) is 0 Å². The van der Waals surface area contributed by atoms with Crippen LogP contribution in [0.1, 0.15) is 0 Å². The summed E-state index contributed by atoms with van der Waals surface area (Å²) >= 11 is 0. The van der Waals surface area contributed by atoms with Crippen LogP contribution in [0, 0.1) is 12.3 Å². The molecule has 1 aliphatic heterocycles. The molecule has 1 heterocycles. The first-order valence-corrected chi connectivity index (χ1v) is 5.42. The Balaban J connectivity index is 2.89. The van der Waals surface area contributed by atoms with Crippen LogP contribution in [0.5, 0.6) is 0 Å². The van der Waals surface area contributed by atoms with Gasteiger partial charge in [-0.15, -0.1) is 6.42 Å². The van der Waals surface area contributed by atoms with E-state index in [-0.39, 0.29) is 24.4 Å². The van der Waals surface area contributed by atoms with Crippen LogP contribution < -0.4 is 0 Å². The van der Waals surface area contributed by atoms with Gasteiger partial charge < -0.3 is 23.7 Å². The van der Waals surface area contributed by atoms with Crippen molar-refractivity contribution in [1.29, 1.82) is 0 Å². The molecule has 1 aliphatic rings. The molecule has 1 rings (SSSR count). The molecule has 0 aliphatic carbocycles. The molecule has 98 valence electrons. The third-order valence-electron chi connectivity index (χ3n) is 2.95. The van der Waals surface area contributed by atoms with E-state index in [4.69, 9.17) is 30.1 Å². The summed E-state index contributed by atoms with van der Waals surface area (Å²) < 4.78 is 27.0. The Hall–Kier alpha value is -0.640. The van der Waals surface area contributed by atoms with E-state index in [2.05, 4.69) is 5.92 Å². The van der Waals surface area contributed by atoms with Crippen molar-refractivity contribution in [3.05, 3.63) is 0 Å². The van der Waals surface area contributed by atoms with E-state index in [1.54, 1.807) is 28.4 Å². The van der Waals surface area contributed by atoms with Gasteiger partial charge in [-0.1, -0.05) is 5.92 Å². The number of hydrogen-bond acceptors (Lipinski definition) is 5. The summed E-state index contributed by atoms with van der Waals surface area (Å²) in [4.78, 5) is 0. The summed E-state index contributed by atoms with van der Waals surface area (Å²) in [7, 11) is 6.38. The number of hydrogen-bond donors (Lipinski definition) is 0. The highest BCUT2D eigenvalue weighted by molar-refractivity contribution is 5.07. The SMILES string of the molecule is C#C[C@@H]1O[C@H](COC)[C@@H](OC)[C@H](OC)[C@H]1OC. The van der Waals surface area contributed by atoms with Crippen molar-refractivity contribution in [3.8, 4) is 12.3 Å². The second-order valence-corrected chi connectivity index (χ2v) is 3.82. The minimum absolute atomic E-state index is 0.262. The Labute approximate surface area is 102 Å². The molecule has 0 aromatic heterocycles. The van der Waals surface area contributed by atoms with E-state index in [0.29, 0.717) is 6.61 Å². The molecule has 0 bridgehead atoms. The summed E-state index contributed by atoms with van der Waals surface area (Å²) in [6, 6.07) is 0. The van der Waals surface area contributed by atoms with Crippen molar-refractivity contribution in [1.82, 2.24) is 0 Å². The lowest BCUT2D eigenvalue weighted by Crippen LogP contribution is -2.60. The van der Waals surface area contributed by atoms with Gasteiger partial charge in [-0.2, -0.15) is 0 Å². The molecule has 17 heavy (non-hydrogen) atoms. The van der Waals surface area contributed by atoms with Crippen molar-refractivity contribution < 1.29 is 23.7 Å². The summed E-state index contributed by atoms with van der Waals surface area (Å²) in [6.45, 7) is 0.396. The van der Waals surface area contributed by atoms with E-state index in [0.717, 1.165) is 0 Å². The lowest BCUT2D eigenvalue weighted by Gasteiger charge is -2.43. The smallest absolute Gasteiger partial charge is 0.147 e. The lowest BCUT2D eigenvalue weighted by atomic mass is 9.95. The monoisotopic (exact) mass is 244 g/mol. The van der Waals surface area contributed by atoms with Gasteiger partial charge in [0, 0.05) is 28.4 Å². The lowest BCUT2D eigenvalue weighted by molar-refractivity contribution is -0.236. The van der Waals surface area contributed by atoms with E-state index < -0.39 is 6.10 Å². The zero-order valence-electron chi connectivity index (χ0n) is 10.7. The maximum Gasteiger partial charge on any atom is 0.147 e. The van der Waals surface area contributed by atoms with Crippen molar-refractivity contribution in [2.75, 3.05) is 35.0 Å². The molecule has 0 aromatic rings. The minimum atomic E-state index is -0.462. The predicted molar refractivity (Wildman–Crippen MR) is 61.8 cm³/mol. The first kappa shape index (κ1) is 14.4. The molecule has 1 fully saturated rings. The summed E-state index contributed by atoms with van der Waals surface area (Å²) in [5.41, 5.74) is 0. The molecule has 0 saturated carbocycles. The minimum Gasteiger partial charge on any atom is -0.382 e. The van der Waals surface area contributed by atoms with Gasteiger partial charge in [-0.05, 0) is 0 Å². The van der Waals surface area contributed by atoms with Gasteiger partial charge in [-0.3, -0.25) is 0 Å². The average Bonchev–Trinajstić information content (AvgIpc) is 2.37. The van der Waals surface area contributed by atoms with Crippen molar-refractivity contribution >= 4 is 0 Å². The molecule has 0 unspecified atom stereocenters. The fraction of sp³-hybridized carbons (Fsp3) is 0.833. The van der Waals surface area contributed by atoms with Gasteiger partial charge in [0.2, 0.25) is 0 Å². The Kier molecular flexibility index (Phi) is 5.89. The highest BCUT2D eigenvalue weighted by Crippen LogP contribution is 2.26. The van der Waals surface area contributed by atoms with Crippen LogP contribution in [-0.4, -0.2) is 65.6 Å². The fourth-order valence-corrected chi connectivity index (χ4v) is 2.16. The molecule has 1 saturated heterocycles. The Bertz CT molecular complexity index is 262. The standard InChI is InChI=1S/C12H20O5/c1-6-8-10(14-3)12(16-5)11(15-4)9(17-8)7-13-2/h1,8-12H,7H2,2-5H3/t8-,9+,10-,11+,12+/m0/s1. The fourth-order valence-electron chi connectivity index (χ4n) is 2.16. The highest BCUT2D eigenvalue weighted by Gasteiger charge is 2.46. The highest BCUT2D eigenvalue weighted by atomic mass is 16.6. The largest absolute Gasteiger partial charge is 0.382 e. The van der Waals surface area contributed by atoms with Gasteiger partial charge in [-0.25, -0.2) is 0 Å². The second-order valence-electron chi connectivity index (χ2n) is 3.82. The molecule has 0 aromatic carbocycles. The first-order chi connectivity index (χ1) is 8.23. The number of rotatable bonds is 5. The topological polar surface area (TPSA) is 46.2 Å². The van der Waals surface area contributed by atoms with E-state index >= 15 is 0 Å². The third-order valence-corrected chi connectivity index (χ3v) is 2.95. The molecule has 5 nitrogen and oxygen atoms in total. The zero-order valence-corrected chi connectivity index (χ0v) is 10.7. The van der Waals surface area contributed by atoms with E-state index in [9.17, 15) is 0 Å². The Morgan fingerprint density at radius 3 is 2.00 bits per heavy atom. The van der Waals surface area contributed by atoms with Gasteiger partial charge in [0.05, 0.1) is 6.61 Å². The molecule has 5 heteroatoms. The summed E-state index contributed by atoms with van der Waals surface area (Å²) in [5, 5.41) is 0. The Morgan fingerprint density at radius 2 is 1.59 bits per heavy atom. The van der Waals surface area contributed by atoms with E-state index in [1.165, 1.54) is 0 Å². The van der Waals surface area contributed by atoms with Crippen LogP contribution in [0.15, 0.2) is 0 Å². The maximum absolute atomic E-state index is 5.72. The van der Waals surface area contributed by atoms with Crippen LogP contribution in [0.25, 0.3) is 0 Å². The van der Waals surface area contributed by atoms with Crippen LogP contribution in [0.4, 0.5) is 0 Å². The van der Waals surface area contributed by atoms with Gasteiger partial charge in [0.1, 0.15) is 30.5 Å². The molecule has 0 amide bonds. The van der Waals surface area contributed by atoms with Gasteiger partial charge >= 0.3 is 0 Å². The van der Waals surface area contributed by atoms with Crippen LogP contribution in [-0.2, 0) is 23.7 Å². The molecule has 0 spiro atoms. The normalized spacial score (nSPS) is 37.7. The molecule has 5 atom stereocenters. The number of methoxy groups -OCH3 is 4. The Morgan fingerprint density at radius 1 is 1.00 bits per heavy atom. The van der Waals surface area contributed by atoms with Crippen molar-refractivity contribution in [2.45, 2.75) is 30.5 Å². The van der Waals surface area contributed by atoms with Gasteiger partial charge in [0.15, 0.2) is 0 Å². The maximum atomic E-state index is 5.72. The van der Waals surface area contributed by atoms with Crippen molar-refractivity contribution in [3.63, 3.8) is 0 Å². The predicted octanol–water partition coefficient (Wildman–Crippen LogP) is 0.0784. The summed E-state index contributed by atoms with van der Waals surface area (Å²) in [5.74, 6) is 2.56. The second kappa shape index (κ2) is 6.94. The summed E-state index contributed by atoms with van der Waals surface area (Å²) in [6.07, 6.45) is 3.82. The third kappa shape index (κ3) is 2.97.